The Kier molecular flexibility index (Phi) is 2.20. The lowest BCUT2D eigenvalue weighted by Crippen LogP contribution is -1.97. The van der Waals surface area contributed by atoms with Crippen LogP contribution >= 0.6 is 0 Å². The second kappa shape index (κ2) is 3.74. The summed E-state index contributed by atoms with van der Waals surface area (Å²) in [5, 5.41) is 22.1. The van der Waals surface area contributed by atoms with Gasteiger partial charge in [-0.15, -0.1) is 0 Å². The number of carboxylic acids is 1. The van der Waals surface area contributed by atoms with Crippen molar-refractivity contribution < 1.29 is 15.0 Å². The van der Waals surface area contributed by atoms with E-state index in [4.69, 9.17) is 5.11 Å². The fraction of sp³-hybridized carbons (Fsp3) is 0. The Hall–Kier alpha value is -2.55. The first-order valence-corrected chi connectivity index (χ1v) is 5.55. The van der Waals surface area contributed by atoms with Gasteiger partial charge in [-0.1, -0.05) is 36.4 Å². The summed E-state index contributed by atoms with van der Waals surface area (Å²) in [6.07, 6.45) is 0. The maximum atomic E-state index is 11.2. The molecule has 0 bridgehead atoms. The van der Waals surface area contributed by atoms with Crippen LogP contribution in [0.3, 0.4) is 0 Å². The Balaban J connectivity index is 2.57. The van der Waals surface area contributed by atoms with Crippen LogP contribution in [0, 0.1) is 0 Å². The predicted molar refractivity (Wildman–Crippen MR) is 70.1 cm³/mol. The molecule has 0 aliphatic rings. The zero-order chi connectivity index (χ0) is 12.7. The Labute approximate surface area is 103 Å². The number of fused-ring (bicyclic) bond motifs is 2. The first-order valence-electron chi connectivity index (χ1n) is 5.55. The molecule has 2 N–H and O–H groups in total. The minimum atomic E-state index is -1.04. The van der Waals surface area contributed by atoms with Crippen LogP contribution in [-0.4, -0.2) is 16.2 Å². The number of rotatable bonds is 1. The molecule has 0 aliphatic carbocycles. The molecule has 18 heavy (non-hydrogen) atoms. The van der Waals surface area contributed by atoms with E-state index in [1.165, 1.54) is 6.07 Å². The molecule has 3 aromatic carbocycles. The monoisotopic (exact) mass is 238 g/mol. The van der Waals surface area contributed by atoms with E-state index < -0.39 is 5.97 Å². The van der Waals surface area contributed by atoms with E-state index in [9.17, 15) is 9.90 Å². The average Bonchev–Trinajstić information content (AvgIpc) is 2.38. The molecule has 3 heteroatoms. The van der Waals surface area contributed by atoms with Gasteiger partial charge in [-0.05, 0) is 22.9 Å². The molecule has 0 amide bonds. The van der Waals surface area contributed by atoms with Crippen molar-refractivity contribution >= 4 is 27.5 Å². The molecule has 0 aliphatic heterocycles. The van der Waals surface area contributed by atoms with Gasteiger partial charge in [0.1, 0.15) is 5.75 Å². The molecule has 0 heterocycles. The van der Waals surface area contributed by atoms with Crippen LogP contribution < -0.4 is 0 Å². The molecular weight excluding hydrogens is 228 g/mol. The molecule has 3 aromatic rings. The van der Waals surface area contributed by atoms with Gasteiger partial charge in [0.25, 0.3) is 0 Å². The second-order valence-corrected chi connectivity index (χ2v) is 4.16. The zero-order valence-electron chi connectivity index (χ0n) is 9.42. The summed E-state index contributed by atoms with van der Waals surface area (Å²) in [4.78, 5) is 11.2. The summed E-state index contributed by atoms with van der Waals surface area (Å²) in [6, 6.07) is 14.2. The molecule has 3 rings (SSSR count). The number of phenolic OH excluding ortho intramolecular Hbond substituents is 1. The smallest absolute Gasteiger partial charge is 0.336 e. The summed E-state index contributed by atoms with van der Waals surface area (Å²) < 4.78 is 0. The fourth-order valence-corrected chi connectivity index (χ4v) is 2.27. The van der Waals surface area contributed by atoms with E-state index in [0.29, 0.717) is 10.8 Å². The van der Waals surface area contributed by atoms with Gasteiger partial charge < -0.3 is 10.2 Å². The van der Waals surface area contributed by atoms with Gasteiger partial charge in [0, 0.05) is 10.8 Å². The van der Waals surface area contributed by atoms with E-state index in [1.54, 1.807) is 18.2 Å². The first-order chi connectivity index (χ1) is 8.68. The second-order valence-electron chi connectivity index (χ2n) is 4.16. The van der Waals surface area contributed by atoms with Crippen molar-refractivity contribution in [2.75, 3.05) is 0 Å². The van der Waals surface area contributed by atoms with Gasteiger partial charge in [0.05, 0.1) is 5.56 Å². The largest absolute Gasteiger partial charge is 0.507 e. The molecular formula is C15H10O3. The van der Waals surface area contributed by atoms with Gasteiger partial charge >= 0.3 is 5.97 Å². The third kappa shape index (κ3) is 1.41. The highest BCUT2D eigenvalue weighted by atomic mass is 16.4. The maximum Gasteiger partial charge on any atom is 0.336 e. The number of benzene rings is 3. The summed E-state index contributed by atoms with van der Waals surface area (Å²) in [5.74, 6) is -1.01. The van der Waals surface area contributed by atoms with Crippen LogP contribution in [0.5, 0.6) is 5.75 Å². The van der Waals surface area contributed by atoms with Crippen LogP contribution in [0.2, 0.25) is 0 Å². The van der Waals surface area contributed by atoms with Gasteiger partial charge in [0.15, 0.2) is 0 Å². The lowest BCUT2D eigenvalue weighted by atomic mass is 9.98. The number of hydrogen-bond donors (Lipinski definition) is 2. The van der Waals surface area contributed by atoms with Gasteiger partial charge in [-0.2, -0.15) is 0 Å². The summed E-state index contributed by atoms with van der Waals surface area (Å²) >= 11 is 0. The standard InChI is InChI=1S/C15H10O3/c16-14-11-6-2-1-4-9(11)8-10-5-3-7-12(13(10)14)15(17)18/h1-8,16H,(H,17,18). The summed E-state index contributed by atoms with van der Waals surface area (Å²) in [5.41, 5.74) is 0.121. The van der Waals surface area contributed by atoms with Crippen LogP contribution in [-0.2, 0) is 0 Å². The highest BCUT2D eigenvalue weighted by Crippen LogP contribution is 2.35. The van der Waals surface area contributed by atoms with Crippen molar-refractivity contribution in [3.05, 3.63) is 54.1 Å². The third-order valence-corrected chi connectivity index (χ3v) is 3.09. The van der Waals surface area contributed by atoms with Gasteiger partial charge in [-0.25, -0.2) is 4.79 Å². The van der Waals surface area contributed by atoms with Crippen LogP contribution in [0.25, 0.3) is 21.5 Å². The topological polar surface area (TPSA) is 57.5 Å². The molecule has 0 spiro atoms. The predicted octanol–water partition coefficient (Wildman–Crippen LogP) is 3.40. The molecule has 3 nitrogen and oxygen atoms in total. The SMILES string of the molecule is O=C(O)c1cccc2cc3ccccc3c(O)c12. The van der Waals surface area contributed by atoms with E-state index in [-0.39, 0.29) is 11.3 Å². The third-order valence-electron chi connectivity index (χ3n) is 3.09. The first kappa shape index (κ1) is 10.6. The Morgan fingerprint density at radius 1 is 0.944 bits per heavy atom. The molecule has 0 radical (unpaired) electrons. The number of aromatic carboxylic acids is 1. The van der Waals surface area contributed by atoms with Crippen LogP contribution in [0.4, 0.5) is 0 Å². The lowest BCUT2D eigenvalue weighted by molar-refractivity contribution is 0.0699. The van der Waals surface area contributed by atoms with Gasteiger partial charge in [0.2, 0.25) is 0 Å². The van der Waals surface area contributed by atoms with E-state index in [2.05, 4.69) is 0 Å². The fourth-order valence-electron chi connectivity index (χ4n) is 2.27. The Morgan fingerprint density at radius 3 is 2.44 bits per heavy atom. The highest BCUT2D eigenvalue weighted by molar-refractivity contribution is 6.13. The molecule has 88 valence electrons. The minimum Gasteiger partial charge on any atom is -0.507 e. The normalized spacial score (nSPS) is 10.9. The van der Waals surface area contributed by atoms with E-state index in [1.807, 2.05) is 24.3 Å². The van der Waals surface area contributed by atoms with Crippen molar-refractivity contribution in [2.45, 2.75) is 0 Å². The van der Waals surface area contributed by atoms with Crippen molar-refractivity contribution in [1.82, 2.24) is 0 Å². The minimum absolute atomic E-state index is 0.0288. The molecule has 0 fully saturated rings. The van der Waals surface area contributed by atoms with Crippen molar-refractivity contribution in [2.24, 2.45) is 0 Å². The van der Waals surface area contributed by atoms with Crippen LogP contribution in [0.1, 0.15) is 10.4 Å². The van der Waals surface area contributed by atoms with E-state index >= 15 is 0 Å². The summed E-state index contributed by atoms with van der Waals surface area (Å²) in [6.45, 7) is 0. The summed E-state index contributed by atoms with van der Waals surface area (Å²) in [7, 11) is 0. The molecule has 0 unspecified atom stereocenters. The Morgan fingerprint density at radius 2 is 1.67 bits per heavy atom. The van der Waals surface area contributed by atoms with Crippen molar-refractivity contribution in [1.29, 1.82) is 0 Å². The number of hydrogen-bond acceptors (Lipinski definition) is 2. The molecule has 0 aromatic heterocycles. The van der Waals surface area contributed by atoms with Crippen LogP contribution in [0.15, 0.2) is 48.5 Å². The number of carbonyl (C=O) groups is 1. The Bertz CT molecular complexity index is 775. The zero-order valence-corrected chi connectivity index (χ0v) is 9.42. The van der Waals surface area contributed by atoms with Crippen molar-refractivity contribution in [3.63, 3.8) is 0 Å². The molecule has 0 atom stereocenters. The maximum absolute atomic E-state index is 11.2. The molecule has 0 saturated carbocycles. The number of aromatic hydroxyl groups is 1. The highest BCUT2D eigenvalue weighted by Gasteiger charge is 2.13. The van der Waals surface area contributed by atoms with Crippen molar-refractivity contribution in [3.8, 4) is 5.75 Å². The number of carboxylic acid groups (broad SMARTS) is 1. The number of phenols is 1. The molecule has 0 saturated heterocycles. The lowest BCUT2D eigenvalue weighted by Gasteiger charge is -2.08. The van der Waals surface area contributed by atoms with Gasteiger partial charge in [-0.3, -0.25) is 0 Å². The van der Waals surface area contributed by atoms with E-state index in [0.717, 1.165) is 10.8 Å². The average molecular weight is 238 g/mol. The quantitative estimate of drug-likeness (QED) is 0.639.